The summed E-state index contributed by atoms with van der Waals surface area (Å²) < 4.78 is 27.8. The number of hydrogen-bond donors (Lipinski definition) is 0. The van der Waals surface area contributed by atoms with Gasteiger partial charge in [0.2, 0.25) is 5.89 Å². The third kappa shape index (κ3) is 4.27. The molecule has 1 aliphatic carbocycles. The highest BCUT2D eigenvalue weighted by atomic mass is 32.2. The molecular formula is C14H24N4O3S. The van der Waals surface area contributed by atoms with Crippen LogP contribution in [0.3, 0.4) is 0 Å². The van der Waals surface area contributed by atoms with E-state index in [-0.39, 0.29) is 5.75 Å². The number of hydrogen-bond acceptors (Lipinski definition) is 7. The molecule has 0 N–H and O–H groups in total. The first-order valence-corrected chi connectivity index (χ1v) is 9.89. The van der Waals surface area contributed by atoms with Crippen molar-refractivity contribution in [3.63, 3.8) is 0 Å². The summed E-state index contributed by atoms with van der Waals surface area (Å²) in [5, 5.41) is 4.06. The second kappa shape index (κ2) is 6.25. The molecule has 8 heteroatoms. The van der Waals surface area contributed by atoms with E-state index >= 15 is 0 Å². The van der Waals surface area contributed by atoms with Gasteiger partial charge in [0.05, 0.1) is 12.3 Å². The van der Waals surface area contributed by atoms with E-state index in [4.69, 9.17) is 4.52 Å². The number of likely N-dealkylation sites (N-methyl/N-ethyl adjacent to an activating group) is 1. The minimum atomic E-state index is -2.89. The molecule has 0 amide bonds. The Morgan fingerprint density at radius 1 is 1.36 bits per heavy atom. The Bertz CT molecular complexity index is 611. The molecule has 1 saturated heterocycles. The Morgan fingerprint density at radius 2 is 2.14 bits per heavy atom. The molecule has 1 saturated carbocycles. The molecule has 1 atom stereocenters. The highest BCUT2D eigenvalue weighted by Gasteiger charge is 2.31. The standard InChI is InChI=1S/C14H24N4O3S/c1-17(10-13-15-14(21-16-13)11-3-4-11)12-5-6-18(9-12)7-8-22(2,19)20/h11-12H,3-10H2,1-2H3/t12-/m1/s1. The zero-order chi connectivity index (χ0) is 15.7. The lowest BCUT2D eigenvalue weighted by molar-refractivity contribution is 0.220. The van der Waals surface area contributed by atoms with Crippen molar-refractivity contribution in [1.29, 1.82) is 0 Å². The Labute approximate surface area is 131 Å². The van der Waals surface area contributed by atoms with Gasteiger partial charge in [-0.15, -0.1) is 0 Å². The molecule has 1 aromatic heterocycles. The molecular weight excluding hydrogens is 304 g/mol. The van der Waals surface area contributed by atoms with Crippen LogP contribution in [0, 0.1) is 0 Å². The molecule has 0 aromatic carbocycles. The molecule has 0 bridgehead atoms. The van der Waals surface area contributed by atoms with Crippen molar-refractivity contribution in [2.24, 2.45) is 0 Å². The number of likely N-dealkylation sites (tertiary alicyclic amines) is 1. The summed E-state index contributed by atoms with van der Waals surface area (Å²) in [6, 6.07) is 0.419. The van der Waals surface area contributed by atoms with Crippen LogP contribution in [-0.2, 0) is 16.4 Å². The van der Waals surface area contributed by atoms with Gasteiger partial charge in [0.15, 0.2) is 5.82 Å². The van der Waals surface area contributed by atoms with E-state index in [0.717, 1.165) is 44.1 Å². The van der Waals surface area contributed by atoms with E-state index < -0.39 is 9.84 Å². The predicted octanol–water partition coefficient (Wildman–Crippen LogP) is 0.498. The van der Waals surface area contributed by atoms with Crippen LogP contribution < -0.4 is 0 Å². The fraction of sp³-hybridized carbons (Fsp3) is 0.857. The Hall–Kier alpha value is -0.990. The first-order chi connectivity index (χ1) is 10.4. The summed E-state index contributed by atoms with van der Waals surface area (Å²) in [4.78, 5) is 8.91. The van der Waals surface area contributed by atoms with E-state index in [1.165, 1.54) is 6.26 Å². The molecule has 2 aliphatic rings. The van der Waals surface area contributed by atoms with Gasteiger partial charge in [-0.3, -0.25) is 4.90 Å². The van der Waals surface area contributed by atoms with Gasteiger partial charge in [-0.2, -0.15) is 4.98 Å². The molecule has 2 heterocycles. The van der Waals surface area contributed by atoms with Crippen molar-refractivity contribution in [2.75, 3.05) is 38.7 Å². The van der Waals surface area contributed by atoms with Crippen molar-refractivity contribution in [1.82, 2.24) is 19.9 Å². The molecule has 3 rings (SSSR count). The van der Waals surface area contributed by atoms with Crippen LogP contribution in [-0.4, -0.2) is 73.1 Å². The molecule has 22 heavy (non-hydrogen) atoms. The normalized spacial score (nSPS) is 23.5. The minimum Gasteiger partial charge on any atom is -0.339 e. The van der Waals surface area contributed by atoms with Crippen molar-refractivity contribution in [3.8, 4) is 0 Å². The van der Waals surface area contributed by atoms with Crippen LogP contribution in [0.4, 0.5) is 0 Å². The highest BCUT2D eigenvalue weighted by Crippen LogP contribution is 2.38. The maximum absolute atomic E-state index is 11.2. The maximum atomic E-state index is 11.2. The first-order valence-electron chi connectivity index (χ1n) is 7.83. The lowest BCUT2D eigenvalue weighted by atomic mass is 10.2. The third-order valence-corrected chi connectivity index (χ3v) is 5.37. The number of rotatable bonds is 7. The number of aromatic nitrogens is 2. The smallest absolute Gasteiger partial charge is 0.229 e. The van der Waals surface area contributed by atoms with E-state index in [9.17, 15) is 8.42 Å². The number of sulfone groups is 1. The monoisotopic (exact) mass is 328 g/mol. The lowest BCUT2D eigenvalue weighted by Gasteiger charge is -2.23. The van der Waals surface area contributed by atoms with Gasteiger partial charge in [-0.05, 0) is 32.9 Å². The molecule has 1 aromatic rings. The van der Waals surface area contributed by atoms with Gasteiger partial charge in [0, 0.05) is 31.3 Å². The summed E-state index contributed by atoms with van der Waals surface area (Å²) in [5.41, 5.74) is 0. The topological polar surface area (TPSA) is 79.5 Å². The van der Waals surface area contributed by atoms with Gasteiger partial charge in [0.1, 0.15) is 9.84 Å². The fourth-order valence-corrected chi connectivity index (χ4v) is 3.44. The second-order valence-electron chi connectivity index (χ2n) is 6.61. The van der Waals surface area contributed by atoms with Crippen molar-refractivity contribution in [2.45, 2.75) is 37.8 Å². The van der Waals surface area contributed by atoms with Crippen molar-refractivity contribution < 1.29 is 12.9 Å². The predicted molar refractivity (Wildman–Crippen MR) is 82.3 cm³/mol. The zero-order valence-electron chi connectivity index (χ0n) is 13.2. The Balaban J connectivity index is 1.47. The van der Waals surface area contributed by atoms with Gasteiger partial charge < -0.3 is 9.42 Å². The molecule has 0 spiro atoms. The molecule has 0 unspecified atom stereocenters. The number of nitrogens with zero attached hydrogens (tertiary/aromatic N) is 4. The van der Waals surface area contributed by atoms with Gasteiger partial charge in [-0.25, -0.2) is 8.42 Å². The average Bonchev–Trinajstić information content (AvgIpc) is 3.00. The molecule has 1 aliphatic heterocycles. The summed E-state index contributed by atoms with van der Waals surface area (Å²) in [5.74, 6) is 2.26. The van der Waals surface area contributed by atoms with Crippen LogP contribution in [0.25, 0.3) is 0 Å². The third-order valence-electron chi connectivity index (χ3n) is 4.45. The quantitative estimate of drug-likeness (QED) is 0.721. The van der Waals surface area contributed by atoms with E-state index in [0.29, 0.717) is 25.0 Å². The van der Waals surface area contributed by atoms with Gasteiger partial charge >= 0.3 is 0 Å². The van der Waals surface area contributed by atoms with E-state index in [2.05, 4.69) is 27.0 Å². The first kappa shape index (κ1) is 15.9. The molecule has 124 valence electrons. The fourth-order valence-electron chi connectivity index (χ4n) is 2.85. The van der Waals surface area contributed by atoms with Crippen LogP contribution in [0.2, 0.25) is 0 Å². The lowest BCUT2D eigenvalue weighted by Crippen LogP contribution is -2.35. The zero-order valence-corrected chi connectivity index (χ0v) is 14.0. The summed E-state index contributed by atoms with van der Waals surface area (Å²) in [6.45, 7) is 3.15. The molecule has 0 radical (unpaired) electrons. The average molecular weight is 328 g/mol. The van der Waals surface area contributed by atoms with Gasteiger partial charge in [-0.1, -0.05) is 5.16 Å². The second-order valence-corrected chi connectivity index (χ2v) is 8.87. The van der Waals surface area contributed by atoms with E-state index in [1.807, 2.05) is 0 Å². The maximum Gasteiger partial charge on any atom is 0.229 e. The molecule has 7 nitrogen and oxygen atoms in total. The molecule has 2 fully saturated rings. The van der Waals surface area contributed by atoms with E-state index in [1.54, 1.807) is 0 Å². The van der Waals surface area contributed by atoms with Crippen LogP contribution in [0.5, 0.6) is 0 Å². The Kier molecular flexibility index (Phi) is 4.52. The van der Waals surface area contributed by atoms with Gasteiger partial charge in [0.25, 0.3) is 0 Å². The summed E-state index contributed by atoms with van der Waals surface area (Å²) >= 11 is 0. The van der Waals surface area contributed by atoms with Crippen molar-refractivity contribution >= 4 is 9.84 Å². The largest absolute Gasteiger partial charge is 0.339 e. The van der Waals surface area contributed by atoms with Crippen molar-refractivity contribution in [3.05, 3.63) is 11.7 Å². The SMILES string of the molecule is CN(Cc1noc(C2CC2)n1)[C@@H]1CCN(CCS(C)(=O)=O)C1. The minimum absolute atomic E-state index is 0.235. The van der Waals surface area contributed by atoms with Crippen LogP contribution in [0.15, 0.2) is 4.52 Å². The van der Waals surface area contributed by atoms with Crippen LogP contribution >= 0.6 is 0 Å². The Morgan fingerprint density at radius 3 is 2.82 bits per heavy atom. The summed E-state index contributed by atoms with van der Waals surface area (Å²) in [7, 11) is -0.818. The summed E-state index contributed by atoms with van der Waals surface area (Å²) in [6.07, 6.45) is 4.67. The van der Waals surface area contributed by atoms with Crippen LogP contribution in [0.1, 0.15) is 36.9 Å². The highest BCUT2D eigenvalue weighted by molar-refractivity contribution is 7.90.